The van der Waals surface area contributed by atoms with E-state index < -0.39 is 11.7 Å². The maximum absolute atomic E-state index is 12.4. The van der Waals surface area contributed by atoms with Crippen molar-refractivity contribution in [2.45, 2.75) is 32.6 Å². The van der Waals surface area contributed by atoms with E-state index in [9.17, 15) is 14.4 Å². The molecule has 2 amide bonds. The average Bonchev–Trinajstić information content (AvgIpc) is 2.54. The van der Waals surface area contributed by atoms with Crippen LogP contribution in [0.4, 0.5) is 5.69 Å². The first-order valence-electron chi connectivity index (χ1n) is 7.36. The third-order valence-electron chi connectivity index (χ3n) is 3.60. The maximum atomic E-state index is 12.4. The highest BCUT2D eigenvalue weighted by Crippen LogP contribution is 2.18. The third kappa shape index (κ3) is 3.68. The SMILES string of the molecule is CCC(=O)Nc1ccccc1C(=O)C(=O)N1CCCCC1. The Morgan fingerprint density at radius 1 is 1.10 bits per heavy atom. The molecule has 0 saturated carbocycles. The molecule has 0 atom stereocenters. The third-order valence-corrected chi connectivity index (χ3v) is 3.60. The summed E-state index contributed by atoms with van der Waals surface area (Å²) in [6.45, 7) is 3.00. The van der Waals surface area contributed by atoms with Crippen molar-refractivity contribution in [3.8, 4) is 0 Å². The smallest absolute Gasteiger partial charge is 0.295 e. The minimum absolute atomic E-state index is 0.180. The Hall–Kier alpha value is -2.17. The van der Waals surface area contributed by atoms with Crippen LogP contribution in [0, 0.1) is 0 Å². The summed E-state index contributed by atoms with van der Waals surface area (Å²) in [5.41, 5.74) is 0.662. The van der Waals surface area contributed by atoms with Crippen LogP contribution >= 0.6 is 0 Å². The van der Waals surface area contributed by atoms with E-state index in [4.69, 9.17) is 0 Å². The first-order chi connectivity index (χ1) is 10.1. The molecule has 1 heterocycles. The standard InChI is InChI=1S/C16H20N2O3/c1-2-14(19)17-13-9-5-4-8-12(13)15(20)16(21)18-10-6-3-7-11-18/h4-5,8-9H,2-3,6-7,10-11H2,1H3,(H,17,19). The molecule has 0 radical (unpaired) electrons. The number of Topliss-reactive ketones (excluding diaryl/α,β-unsaturated/α-hetero) is 1. The van der Waals surface area contributed by atoms with Crippen molar-refractivity contribution < 1.29 is 14.4 Å². The fourth-order valence-electron chi connectivity index (χ4n) is 2.38. The molecule has 1 aromatic rings. The lowest BCUT2D eigenvalue weighted by Crippen LogP contribution is -2.40. The van der Waals surface area contributed by atoms with Gasteiger partial charge >= 0.3 is 0 Å². The molecule has 1 aliphatic heterocycles. The monoisotopic (exact) mass is 288 g/mol. The molecular formula is C16H20N2O3. The van der Waals surface area contributed by atoms with Gasteiger partial charge < -0.3 is 10.2 Å². The minimum Gasteiger partial charge on any atom is -0.336 e. The molecule has 1 aromatic carbocycles. The zero-order chi connectivity index (χ0) is 15.2. The van der Waals surface area contributed by atoms with Crippen molar-refractivity contribution in [2.75, 3.05) is 18.4 Å². The summed E-state index contributed by atoms with van der Waals surface area (Å²) in [7, 11) is 0. The van der Waals surface area contributed by atoms with E-state index in [0.29, 0.717) is 25.2 Å². The number of ketones is 1. The van der Waals surface area contributed by atoms with Gasteiger partial charge in [-0.1, -0.05) is 19.1 Å². The molecule has 0 bridgehead atoms. The molecule has 5 heteroatoms. The van der Waals surface area contributed by atoms with Crippen molar-refractivity contribution in [3.63, 3.8) is 0 Å². The van der Waals surface area contributed by atoms with Crippen LogP contribution in [0.2, 0.25) is 0 Å². The topological polar surface area (TPSA) is 66.5 Å². The zero-order valence-corrected chi connectivity index (χ0v) is 12.2. The van der Waals surface area contributed by atoms with Crippen molar-refractivity contribution in [1.82, 2.24) is 4.90 Å². The van der Waals surface area contributed by atoms with Crippen molar-refractivity contribution >= 4 is 23.3 Å². The fraction of sp³-hybridized carbons (Fsp3) is 0.438. The number of nitrogens with one attached hydrogen (secondary N) is 1. The normalized spacial score (nSPS) is 14.6. The molecule has 1 fully saturated rings. The predicted molar refractivity (Wildman–Crippen MR) is 80.1 cm³/mol. The zero-order valence-electron chi connectivity index (χ0n) is 12.2. The number of hydrogen-bond donors (Lipinski definition) is 1. The van der Waals surface area contributed by atoms with Crippen LogP contribution in [0.1, 0.15) is 43.0 Å². The largest absolute Gasteiger partial charge is 0.336 e. The predicted octanol–water partition coefficient (Wildman–Crippen LogP) is 2.23. The van der Waals surface area contributed by atoms with Gasteiger partial charge in [0, 0.05) is 19.5 Å². The van der Waals surface area contributed by atoms with E-state index >= 15 is 0 Å². The average molecular weight is 288 g/mol. The van der Waals surface area contributed by atoms with Crippen LogP contribution in [0.25, 0.3) is 0 Å². The van der Waals surface area contributed by atoms with Gasteiger partial charge in [-0.05, 0) is 31.4 Å². The van der Waals surface area contributed by atoms with E-state index in [0.717, 1.165) is 19.3 Å². The van der Waals surface area contributed by atoms with Gasteiger partial charge in [-0.15, -0.1) is 0 Å². The summed E-state index contributed by atoms with van der Waals surface area (Å²) >= 11 is 0. The van der Waals surface area contributed by atoms with Crippen molar-refractivity contribution in [1.29, 1.82) is 0 Å². The molecular weight excluding hydrogens is 268 g/mol. The summed E-state index contributed by atoms with van der Waals surface area (Å²) in [6, 6.07) is 6.64. The minimum atomic E-state index is -0.552. The van der Waals surface area contributed by atoms with Crippen molar-refractivity contribution in [2.24, 2.45) is 0 Å². The lowest BCUT2D eigenvalue weighted by Gasteiger charge is -2.26. The summed E-state index contributed by atoms with van der Waals surface area (Å²) in [5, 5.41) is 2.67. The number of para-hydroxylation sites is 1. The highest BCUT2D eigenvalue weighted by Gasteiger charge is 2.26. The molecule has 1 aliphatic rings. The summed E-state index contributed by atoms with van der Waals surface area (Å²) in [6.07, 6.45) is 3.30. The first kappa shape index (κ1) is 15.2. The number of carbonyl (C=O) groups is 3. The maximum Gasteiger partial charge on any atom is 0.295 e. The summed E-state index contributed by atoms with van der Waals surface area (Å²) in [5.74, 6) is -1.21. The second-order valence-electron chi connectivity index (χ2n) is 5.13. The van der Waals surface area contributed by atoms with Gasteiger partial charge in [-0.3, -0.25) is 14.4 Å². The number of carbonyl (C=O) groups excluding carboxylic acids is 3. The first-order valence-corrected chi connectivity index (χ1v) is 7.36. The molecule has 2 rings (SSSR count). The number of anilines is 1. The number of nitrogens with zero attached hydrogens (tertiary/aromatic N) is 1. The number of piperidine rings is 1. The van der Waals surface area contributed by atoms with E-state index in [2.05, 4.69) is 5.32 Å². The van der Waals surface area contributed by atoms with Crippen LogP contribution in [-0.2, 0) is 9.59 Å². The van der Waals surface area contributed by atoms with Gasteiger partial charge in [-0.25, -0.2) is 0 Å². The van der Waals surface area contributed by atoms with Crippen LogP contribution < -0.4 is 5.32 Å². The van der Waals surface area contributed by atoms with Crippen LogP contribution in [0.5, 0.6) is 0 Å². The fourth-order valence-corrected chi connectivity index (χ4v) is 2.38. The van der Waals surface area contributed by atoms with Crippen molar-refractivity contribution in [3.05, 3.63) is 29.8 Å². The number of rotatable bonds is 4. The Bertz CT molecular complexity index is 548. The number of likely N-dealkylation sites (tertiary alicyclic amines) is 1. The van der Waals surface area contributed by atoms with E-state index in [1.54, 1.807) is 36.1 Å². The van der Waals surface area contributed by atoms with E-state index in [-0.39, 0.29) is 11.5 Å². The van der Waals surface area contributed by atoms with Gasteiger partial charge in [0.1, 0.15) is 0 Å². The van der Waals surface area contributed by atoms with Gasteiger partial charge in [0.2, 0.25) is 5.91 Å². The molecule has 5 nitrogen and oxygen atoms in total. The quantitative estimate of drug-likeness (QED) is 0.682. The van der Waals surface area contributed by atoms with Crippen LogP contribution in [-0.4, -0.2) is 35.6 Å². The highest BCUT2D eigenvalue weighted by atomic mass is 16.2. The molecule has 112 valence electrons. The number of benzene rings is 1. The lowest BCUT2D eigenvalue weighted by atomic mass is 10.1. The molecule has 0 aliphatic carbocycles. The Morgan fingerprint density at radius 2 is 1.76 bits per heavy atom. The summed E-state index contributed by atoms with van der Waals surface area (Å²) < 4.78 is 0. The second-order valence-corrected chi connectivity index (χ2v) is 5.13. The van der Waals surface area contributed by atoms with Crippen LogP contribution in [0.15, 0.2) is 24.3 Å². The van der Waals surface area contributed by atoms with Gasteiger partial charge in [0.15, 0.2) is 0 Å². The Morgan fingerprint density at radius 3 is 2.43 bits per heavy atom. The molecule has 0 unspecified atom stereocenters. The lowest BCUT2D eigenvalue weighted by molar-refractivity contribution is -0.127. The number of hydrogen-bond acceptors (Lipinski definition) is 3. The van der Waals surface area contributed by atoms with E-state index in [1.165, 1.54) is 0 Å². The molecule has 1 saturated heterocycles. The molecule has 0 spiro atoms. The molecule has 21 heavy (non-hydrogen) atoms. The Labute approximate surface area is 124 Å². The number of amides is 2. The molecule has 0 aromatic heterocycles. The molecule has 1 N–H and O–H groups in total. The van der Waals surface area contributed by atoms with Gasteiger partial charge in [0.05, 0.1) is 11.3 Å². The highest BCUT2D eigenvalue weighted by molar-refractivity contribution is 6.44. The van der Waals surface area contributed by atoms with Gasteiger partial charge in [-0.2, -0.15) is 0 Å². The Balaban J connectivity index is 2.18. The van der Waals surface area contributed by atoms with E-state index in [1.807, 2.05) is 0 Å². The van der Waals surface area contributed by atoms with Gasteiger partial charge in [0.25, 0.3) is 11.7 Å². The summed E-state index contributed by atoms with van der Waals surface area (Å²) in [4.78, 5) is 37.8. The Kier molecular flexibility index (Phi) is 5.09. The second kappa shape index (κ2) is 7.02. The van der Waals surface area contributed by atoms with Crippen LogP contribution in [0.3, 0.4) is 0 Å².